The summed E-state index contributed by atoms with van der Waals surface area (Å²) in [5.41, 5.74) is 0. The Kier molecular flexibility index (Phi) is 5.36. The highest BCUT2D eigenvalue weighted by molar-refractivity contribution is 5.80. The molecule has 116 valence electrons. The van der Waals surface area contributed by atoms with E-state index >= 15 is 0 Å². The molecule has 21 heavy (non-hydrogen) atoms. The molecule has 2 N–H and O–H groups in total. The van der Waals surface area contributed by atoms with Gasteiger partial charge in [0.2, 0.25) is 0 Å². The van der Waals surface area contributed by atoms with E-state index in [-0.39, 0.29) is 11.9 Å². The lowest BCUT2D eigenvalue weighted by atomic mass is 10.2. The van der Waals surface area contributed by atoms with Gasteiger partial charge in [0.05, 0.1) is 0 Å². The molecule has 1 atom stereocenters. The molecule has 0 aliphatic carbocycles. The Morgan fingerprint density at radius 2 is 2.38 bits per heavy atom. The molecule has 1 aromatic rings. The molecule has 0 radical (unpaired) electrons. The first-order valence-electron chi connectivity index (χ1n) is 7.42. The van der Waals surface area contributed by atoms with Crippen LogP contribution in [-0.4, -0.2) is 43.7 Å². The summed E-state index contributed by atoms with van der Waals surface area (Å²) < 4.78 is 13.7. The second-order valence-electron chi connectivity index (χ2n) is 5.73. The van der Waals surface area contributed by atoms with Gasteiger partial charge in [0.25, 0.3) is 0 Å². The minimum atomic E-state index is -0.263. The predicted octanol–water partition coefficient (Wildman–Crippen LogP) is 1.62. The van der Waals surface area contributed by atoms with Gasteiger partial charge in [-0.05, 0) is 24.5 Å². The zero-order valence-corrected chi connectivity index (χ0v) is 12.9. The van der Waals surface area contributed by atoms with E-state index < -0.39 is 0 Å². The number of pyridine rings is 1. The van der Waals surface area contributed by atoms with Crippen molar-refractivity contribution in [3.8, 4) is 0 Å². The van der Waals surface area contributed by atoms with E-state index in [1.807, 2.05) is 4.90 Å². The fourth-order valence-electron chi connectivity index (χ4n) is 2.37. The van der Waals surface area contributed by atoms with Crippen molar-refractivity contribution in [1.29, 1.82) is 0 Å². The average Bonchev–Trinajstić information content (AvgIpc) is 2.92. The Balaban J connectivity index is 1.89. The van der Waals surface area contributed by atoms with Crippen LogP contribution in [0.25, 0.3) is 0 Å². The van der Waals surface area contributed by atoms with Crippen LogP contribution < -0.4 is 15.5 Å². The molecule has 5 nitrogen and oxygen atoms in total. The Bertz CT molecular complexity index is 489. The third-order valence-electron chi connectivity index (χ3n) is 3.47. The number of nitrogens with zero attached hydrogens (tertiary/aromatic N) is 3. The van der Waals surface area contributed by atoms with Crippen molar-refractivity contribution in [1.82, 2.24) is 15.6 Å². The number of hydrogen-bond acceptors (Lipinski definition) is 3. The monoisotopic (exact) mass is 293 g/mol. The number of nitrogens with one attached hydrogen (secondary N) is 2. The van der Waals surface area contributed by atoms with Gasteiger partial charge in [0, 0.05) is 38.9 Å². The summed E-state index contributed by atoms with van der Waals surface area (Å²) in [5, 5.41) is 6.68. The van der Waals surface area contributed by atoms with Crippen LogP contribution in [0.3, 0.4) is 0 Å². The lowest BCUT2D eigenvalue weighted by molar-refractivity contribution is 0.593. The van der Waals surface area contributed by atoms with E-state index in [0.717, 1.165) is 32.0 Å². The zero-order valence-electron chi connectivity index (χ0n) is 12.9. The molecule has 1 aliphatic rings. The molecule has 1 aliphatic heterocycles. The molecular formula is C15H24FN5. The second kappa shape index (κ2) is 7.24. The maximum atomic E-state index is 13.7. The Labute approximate surface area is 125 Å². The number of guanidine groups is 1. The van der Waals surface area contributed by atoms with Gasteiger partial charge in [-0.1, -0.05) is 13.8 Å². The van der Waals surface area contributed by atoms with Crippen LogP contribution in [0.1, 0.15) is 20.3 Å². The molecule has 1 aromatic heterocycles. The lowest BCUT2D eigenvalue weighted by Gasteiger charge is -2.20. The number of aromatic nitrogens is 1. The summed E-state index contributed by atoms with van der Waals surface area (Å²) in [7, 11) is 1.76. The lowest BCUT2D eigenvalue weighted by Crippen LogP contribution is -2.45. The first kappa shape index (κ1) is 15.5. The minimum Gasteiger partial charge on any atom is -0.356 e. The zero-order chi connectivity index (χ0) is 15.2. The molecule has 0 spiro atoms. The molecule has 0 bridgehead atoms. The number of aliphatic imine (C=N–C) groups is 1. The summed E-state index contributed by atoms with van der Waals surface area (Å²) in [4.78, 5) is 10.3. The van der Waals surface area contributed by atoms with Crippen LogP contribution in [0, 0.1) is 11.7 Å². The molecule has 0 saturated carbocycles. The second-order valence-corrected chi connectivity index (χ2v) is 5.73. The molecule has 1 saturated heterocycles. The number of hydrogen-bond donors (Lipinski definition) is 2. The summed E-state index contributed by atoms with van der Waals surface area (Å²) in [5.74, 6) is 1.54. The molecular weight excluding hydrogens is 269 g/mol. The molecule has 1 fully saturated rings. The van der Waals surface area contributed by atoms with Gasteiger partial charge in [-0.3, -0.25) is 4.99 Å². The van der Waals surface area contributed by atoms with Gasteiger partial charge >= 0.3 is 0 Å². The van der Waals surface area contributed by atoms with Crippen molar-refractivity contribution in [3.05, 3.63) is 24.1 Å². The topological polar surface area (TPSA) is 52.6 Å². The SMILES string of the molecule is CN=C(NCC(C)C)NC1CCN(c2ncccc2F)C1. The minimum absolute atomic E-state index is 0.254. The fraction of sp³-hybridized carbons (Fsp3) is 0.600. The first-order chi connectivity index (χ1) is 10.1. The van der Waals surface area contributed by atoms with E-state index in [0.29, 0.717) is 11.7 Å². The summed E-state index contributed by atoms with van der Waals surface area (Å²) in [6, 6.07) is 3.32. The maximum Gasteiger partial charge on any atom is 0.191 e. The molecule has 1 unspecified atom stereocenters. The third-order valence-corrected chi connectivity index (χ3v) is 3.47. The van der Waals surface area contributed by atoms with Crippen molar-refractivity contribution < 1.29 is 4.39 Å². The van der Waals surface area contributed by atoms with Crippen molar-refractivity contribution in [3.63, 3.8) is 0 Å². The molecule has 2 rings (SSSR count). The summed E-state index contributed by atoms with van der Waals surface area (Å²) in [6.07, 6.45) is 2.57. The van der Waals surface area contributed by atoms with Crippen LogP contribution in [0.4, 0.5) is 10.2 Å². The Hall–Kier alpha value is -1.85. The van der Waals surface area contributed by atoms with E-state index in [9.17, 15) is 4.39 Å². The Morgan fingerprint density at radius 3 is 3.05 bits per heavy atom. The number of halogens is 1. The van der Waals surface area contributed by atoms with Crippen molar-refractivity contribution in [2.75, 3.05) is 31.6 Å². The average molecular weight is 293 g/mol. The third kappa shape index (κ3) is 4.31. The van der Waals surface area contributed by atoms with Crippen LogP contribution in [0.5, 0.6) is 0 Å². The fourth-order valence-corrected chi connectivity index (χ4v) is 2.37. The standard InChI is InChI=1S/C15H24FN5/c1-11(2)9-19-15(17-3)20-12-6-8-21(10-12)14-13(16)5-4-7-18-14/h4-5,7,11-12H,6,8-10H2,1-3H3,(H2,17,19,20). The molecule has 0 amide bonds. The quantitative estimate of drug-likeness (QED) is 0.654. The predicted molar refractivity (Wildman–Crippen MR) is 84.1 cm³/mol. The van der Waals surface area contributed by atoms with Gasteiger partial charge < -0.3 is 15.5 Å². The smallest absolute Gasteiger partial charge is 0.191 e. The van der Waals surface area contributed by atoms with Gasteiger partial charge in [0.1, 0.15) is 0 Å². The highest BCUT2D eigenvalue weighted by Crippen LogP contribution is 2.20. The van der Waals surface area contributed by atoms with Crippen LogP contribution in [0.2, 0.25) is 0 Å². The van der Waals surface area contributed by atoms with Crippen molar-refractivity contribution in [2.45, 2.75) is 26.3 Å². The van der Waals surface area contributed by atoms with Crippen LogP contribution in [0.15, 0.2) is 23.3 Å². The highest BCUT2D eigenvalue weighted by atomic mass is 19.1. The van der Waals surface area contributed by atoms with Crippen molar-refractivity contribution in [2.24, 2.45) is 10.9 Å². The van der Waals surface area contributed by atoms with Gasteiger partial charge in [-0.15, -0.1) is 0 Å². The first-order valence-corrected chi connectivity index (χ1v) is 7.42. The van der Waals surface area contributed by atoms with Crippen molar-refractivity contribution >= 4 is 11.8 Å². The van der Waals surface area contributed by atoms with Crippen LogP contribution >= 0.6 is 0 Å². The molecule has 2 heterocycles. The molecule has 0 aromatic carbocycles. The maximum absolute atomic E-state index is 13.7. The largest absolute Gasteiger partial charge is 0.356 e. The normalized spacial score (nSPS) is 19.2. The van der Waals surface area contributed by atoms with E-state index in [2.05, 4.69) is 34.5 Å². The Morgan fingerprint density at radius 1 is 1.57 bits per heavy atom. The summed E-state index contributed by atoms with van der Waals surface area (Å²) >= 11 is 0. The van der Waals surface area contributed by atoms with E-state index in [1.54, 1.807) is 19.3 Å². The van der Waals surface area contributed by atoms with Gasteiger partial charge in [-0.25, -0.2) is 9.37 Å². The van der Waals surface area contributed by atoms with E-state index in [4.69, 9.17) is 0 Å². The highest BCUT2D eigenvalue weighted by Gasteiger charge is 2.25. The van der Waals surface area contributed by atoms with Gasteiger partial charge in [0.15, 0.2) is 17.6 Å². The number of anilines is 1. The van der Waals surface area contributed by atoms with E-state index in [1.165, 1.54) is 6.07 Å². The van der Waals surface area contributed by atoms with Gasteiger partial charge in [-0.2, -0.15) is 0 Å². The van der Waals surface area contributed by atoms with Crippen LogP contribution in [-0.2, 0) is 0 Å². The number of rotatable bonds is 4. The summed E-state index contributed by atoms with van der Waals surface area (Å²) in [6.45, 7) is 6.72. The molecule has 6 heteroatoms.